The summed E-state index contributed by atoms with van der Waals surface area (Å²) in [6, 6.07) is 3.20. The van der Waals surface area contributed by atoms with Gasteiger partial charge in [-0.2, -0.15) is 0 Å². The predicted octanol–water partition coefficient (Wildman–Crippen LogP) is 3.29. The van der Waals surface area contributed by atoms with E-state index in [2.05, 4.69) is 0 Å². The molecule has 0 bridgehead atoms. The number of benzene rings is 1. The molecule has 20 heavy (non-hydrogen) atoms. The number of hydrogen-bond acceptors (Lipinski definition) is 6. The molecule has 2 N–H and O–H groups in total. The number of nitrogens with two attached hydrogens (primary N) is 1. The van der Waals surface area contributed by atoms with E-state index in [9.17, 15) is 4.57 Å². The first kappa shape index (κ1) is 15.6. The van der Waals surface area contributed by atoms with Crippen molar-refractivity contribution in [1.82, 2.24) is 0 Å². The maximum atomic E-state index is 12.7. The van der Waals surface area contributed by atoms with Gasteiger partial charge in [0, 0.05) is 16.7 Å². The van der Waals surface area contributed by atoms with Gasteiger partial charge >= 0.3 is 7.60 Å². The second kappa shape index (κ2) is 6.33. The Morgan fingerprint density at radius 2 is 1.85 bits per heavy atom. The van der Waals surface area contributed by atoms with Gasteiger partial charge < -0.3 is 24.3 Å². The fraction of sp³-hybridized carbons (Fsp3) is 0.500. The van der Waals surface area contributed by atoms with E-state index in [-0.39, 0.29) is 20.0 Å². The highest BCUT2D eigenvalue weighted by Crippen LogP contribution is 2.59. The molecule has 1 aromatic carbocycles. The van der Waals surface area contributed by atoms with Crippen LogP contribution in [0.5, 0.6) is 11.5 Å². The standard InChI is InChI=1S/C12H17ClNO5P/c1-3-18-20(15,19-4-2)12(14)8-5-10-11(6-9(8)13)17-7-16-10/h5-6,12H,3-4,7,14H2,1-2H3/t12-/m1/s1. The lowest BCUT2D eigenvalue weighted by Crippen LogP contribution is -2.15. The first-order chi connectivity index (χ1) is 9.51. The van der Waals surface area contributed by atoms with Crippen molar-refractivity contribution in [2.45, 2.75) is 19.6 Å². The molecular formula is C12H17ClNO5P. The fourth-order valence-electron chi connectivity index (χ4n) is 1.89. The molecule has 112 valence electrons. The van der Waals surface area contributed by atoms with Gasteiger partial charge in [-0.3, -0.25) is 4.57 Å². The maximum Gasteiger partial charge on any atom is 0.351 e. The van der Waals surface area contributed by atoms with Crippen LogP contribution in [0.1, 0.15) is 25.2 Å². The van der Waals surface area contributed by atoms with Crippen LogP contribution in [0, 0.1) is 0 Å². The maximum absolute atomic E-state index is 12.7. The van der Waals surface area contributed by atoms with Gasteiger partial charge in [-0.15, -0.1) is 0 Å². The van der Waals surface area contributed by atoms with E-state index in [0.29, 0.717) is 22.1 Å². The monoisotopic (exact) mass is 321 g/mol. The van der Waals surface area contributed by atoms with E-state index in [1.54, 1.807) is 26.0 Å². The highest BCUT2D eigenvalue weighted by molar-refractivity contribution is 7.54. The Hall–Kier alpha value is -0.780. The van der Waals surface area contributed by atoms with Crippen LogP contribution >= 0.6 is 19.2 Å². The Morgan fingerprint density at radius 3 is 2.40 bits per heavy atom. The molecular weight excluding hydrogens is 305 g/mol. The zero-order valence-corrected chi connectivity index (χ0v) is 12.9. The van der Waals surface area contributed by atoms with E-state index in [0.717, 1.165) is 0 Å². The summed E-state index contributed by atoms with van der Waals surface area (Å²) in [5.41, 5.74) is 6.49. The number of halogens is 1. The quantitative estimate of drug-likeness (QED) is 0.810. The summed E-state index contributed by atoms with van der Waals surface area (Å²) in [4.78, 5) is 0. The summed E-state index contributed by atoms with van der Waals surface area (Å²) < 4.78 is 33.6. The van der Waals surface area contributed by atoms with Crippen LogP contribution < -0.4 is 15.2 Å². The summed E-state index contributed by atoms with van der Waals surface area (Å²) in [5, 5.41) is 0.335. The Morgan fingerprint density at radius 1 is 1.30 bits per heavy atom. The molecule has 1 atom stereocenters. The second-order valence-electron chi connectivity index (χ2n) is 4.05. The van der Waals surface area contributed by atoms with Crippen LogP contribution in [0.15, 0.2) is 12.1 Å². The molecule has 0 unspecified atom stereocenters. The minimum atomic E-state index is -3.49. The van der Waals surface area contributed by atoms with Crippen molar-refractivity contribution in [3.8, 4) is 11.5 Å². The van der Waals surface area contributed by atoms with E-state index in [1.807, 2.05) is 0 Å². The normalized spacial score (nSPS) is 15.4. The van der Waals surface area contributed by atoms with Crippen molar-refractivity contribution in [3.05, 3.63) is 22.7 Å². The van der Waals surface area contributed by atoms with Gasteiger partial charge in [-0.25, -0.2) is 0 Å². The summed E-state index contributed by atoms with van der Waals surface area (Å²) in [6.45, 7) is 4.03. The Kier molecular flexibility index (Phi) is 4.94. The van der Waals surface area contributed by atoms with Crippen LogP contribution in [-0.2, 0) is 13.6 Å². The summed E-state index contributed by atoms with van der Waals surface area (Å²) >= 11 is 6.16. The van der Waals surface area contributed by atoms with Crippen molar-refractivity contribution in [3.63, 3.8) is 0 Å². The number of fused-ring (bicyclic) bond motifs is 1. The lowest BCUT2D eigenvalue weighted by molar-refractivity contribution is 0.174. The van der Waals surface area contributed by atoms with Gasteiger partial charge in [-0.1, -0.05) is 11.6 Å². The molecule has 6 nitrogen and oxygen atoms in total. The highest BCUT2D eigenvalue weighted by atomic mass is 35.5. The zero-order chi connectivity index (χ0) is 14.8. The van der Waals surface area contributed by atoms with Gasteiger partial charge in [0.25, 0.3) is 0 Å². The van der Waals surface area contributed by atoms with Crippen LogP contribution in [0.2, 0.25) is 5.02 Å². The van der Waals surface area contributed by atoms with Crippen molar-refractivity contribution in [1.29, 1.82) is 0 Å². The van der Waals surface area contributed by atoms with Gasteiger partial charge in [0.05, 0.1) is 13.2 Å². The molecule has 0 spiro atoms. The highest BCUT2D eigenvalue weighted by Gasteiger charge is 2.36. The molecule has 0 saturated heterocycles. The van der Waals surface area contributed by atoms with Crippen molar-refractivity contribution < 1.29 is 23.1 Å². The molecule has 0 amide bonds. The topological polar surface area (TPSA) is 80.0 Å². The first-order valence-corrected chi connectivity index (χ1v) is 8.24. The molecule has 0 saturated carbocycles. The first-order valence-electron chi connectivity index (χ1n) is 6.25. The van der Waals surface area contributed by atoms with Crippen LogP contribution in [0.4, 0.5) is 0 Å². The lowest BCUT2D eigenvalue weighted by atomic mass is 10.2. The Labute approximate surface area is 122 Å². The van der Waals surface area contributed by atoms with E-state index < -0.39 is 13.4 Å². The SMILES string of the molecule is CCOP(=O)(OCC)[C@@H](N)c1cc2c(cc1Cl)OCO2. The third kappa shape index (κ3) is 2.95. The van der Waals surface area contributed by atoms with Crippen molar-refractivity contribution in [2.75, 3.05) is 20.0 Å². The molecule has 0 aromatic heterocycles. The smallest absolute Gasteiger partial charge is 0.351 e. The van der Waals surface area contributed by atoms with E-state index in [4.69, 9.17) is 35.9 Å². The minimum absolute atomic E-state index is 0.124. The van der Waals surface area contributed by atoms with Gasteiger partial charge in [0.1, 0.15) is 5.78 Å². The second-order valence-corrected chi connectivity index (χ2v) is 6.61. The van der Waals surface area contributed by atoms with E-state index in [1.165, 1.54) is 0 Å². The van der Waals surface area contributed by atoms with Gasteiger partial charge in [0.2, 0.25) is 6.79 Å². The predicted molar refractivity (Wildman–Crippen MR) is 75.4 cm³/mol. The summed E-state index contributed by atoms with van der Waals surface area (Å²) in [7, 11) is -3.49. The third-order valence-electron chi connectivity index (χ3n) is 2.77. The Bertz CT molecular complexity index is 529. The lowest BCUT2D eigenvalue weighted by Gasteiger charge is -2.24. The number of rotatable bonds is 6. The van der Waals surface area contributed by atoms with Crippen LogP contribution in [-0.4, -0.2) is 20.0 Å². The van der Waals surface area contributed by atoms with Crippen LogP contribution in [0.25, 0.3) is 0 Å². The molecule has 1 heterocycles. The summed E-state index contributed by atoms with van der Waals surface area (Å²) in [6.07, 6.45) is 0. The molecule has 0 aliphatic carbocycles. The molecule has 2 rings (SSSR count). The molecule has 1 aromatic rings. The average Bonchev–Trinajstić information content (AvgIpc) is 2.84. The van der Waals surface area contributed by atoms with Gasteiger partial charge in [-0.05, 0) is 19.9 Å². The van der Waals surface area contributed by atoms with Crippen molar-refractivity contribution >= 4 is 19.2 Å². The summed E-state index contributed by atoms with van der Waals surface area (Å²) in [5.74, 6) is 0.0670. The number of hydrogen-bond donors (Lipinski definition) is 1. The zero-order valence-electron chi connectivity index (χ0n) is 11.3. The minimum Gasteiger partial charge on any atom is -0.454 e. The molecule has 8 heteroatoms. The van der Waals surface area contributed by atoms with Crippen LogP contribution in [0.3, 0.4) is 0 Å². The Balaban J connectivity index is 2.36. The largest absolute Gasteiger partial charge is 0.454 e. The molecule has 1 aliphatic rings. The average molecular weight is 322 g/mol. The molecule has 1 aliphatic heterocycles. The fourth-order valence-corrected chi connectivity index (χ4v) is 3.90. The number of ether oxygens (including phenoxy) is 2. The molecule has 0 radical (unpaired) electrons. The molecule has 0 fully saturated rings. The third-order valence-corrected chi connectivity index (χ3v) is 5.29. The van der Waals surface area contributed by atoms with E-state index >= 15 is 0 Å². The van der Waals surface area contributed by atoms with Gasteiger partial charge in [0.15, 0.2) is 11.5 Å². The van der Waals surface area contributed by atoms with Crippen molar-refractivity contribution in [2.24, 2.45) is 5.73 Å².